The summed E-state index contributed by atoms with van der Waals surface area (Å²) in [6.07, 6.45) is 0.912. The Morgan fingerprint density at radius 3 is 2.36 bits per heavy atom. The van der Waals surface area contributed by atoms with Crippen LogP contribution >= 0.6 is 35.9 Å². The Morgan fingerprint density at radius 1 is 1.27 bits per heavy atom. The van der Waals surface area contributed by atoms with E-state index in [1.165, 1.54) is 17.1 Å². The van der Waals surface area contributed by atoms with Gasteiger partial charge in [-0.1, -0.05) is 26.0 Å². The highest BCUT2D eigenvalue weighted by Gasteiger charge is 2.19. The molecule has 1 aromatic rings. The quantitative estimate of drug-likeness (QED) is 0.812. The SMILES string of the molecule is CC(C)CC(CN)NC(=O)c1ccc(C2SCCS2)cc1.Cl. The molecule has 0 aromatic heterocycles. The fourth-order valence-electron chi connectivity index (χ4n) is 2.39. The lowest BCUT2D eigenvalue weighted by Gasteiger charge is -2.19. The Balaban J connectivity index is 0.00000242. The third kappa shape index (κ3) is 5.69. The van der Waals surface area contributed by atoms with E-state index in [9.17, 15) is 4.79 Å². The van der Waals surface area contributed by atoms with E-state index in [1.54, 1.807) is 0 Å². The summed E-state index contributed by atoms with van der Waals surface area (Å²) in [5, 5.41) is 3.03. The Morgan fingerprint density at radius 2 is 1.86 bits per heavy atom. The van der Waals surface area contributed by atoms with Gasteiger partial charge in [-0.2, -0.15) is 0 Å². The van der Waals surface area contributed by atoms with Crippen molar-refractivity contribution < 1.29 is 4.79 Å². The lowest BCUT2D eigenvalue weighted by molar-refractivity contribution is 0.0934. The summed E-state index contributed by atoms with van der Waals surface area (Å²) in [6, 6.07) is 8.05. The first-order chi connectivity index (χ1) is 10.1. The van der Waals surface area contributed by atoms with Crippen LogP contribution in [0, 0.1) is 5.92 Å². The molecule has 1 aliphatic heterocycles. The van der Waals surface area contributed by atoms with Crippen molar-refractivity contribution in [2.24, 2.45) is 11.7 Å². The second-order valence-electron chi connectivity index (χ2n) is 5.73. The lowest BCUT2D eigenvalue weighted by Crippen LogP contribution is -2.41. The molecule has 2 rings (SSSR count). The molecular formula is C16H25ClN2OS2. The van der Waals surface area contributed by atoms with E-state index in [4.69, 9.17) is 5.73 Å². The summed E-state index contributed by atoms with van der Waals surface area (Å²) in [5.41, 5.74) is 7.75. The van der Waals surface area contributed by atoms with E-state index in [0.29, 0.717) is 22.6 Å². The van der Waals surface area contributed by atoms with Crippen LogP contribution in [0.25, 0.3) is 0 Å². The van der Waals surface area contributed by atoms with Crippen LogP contribution < -0.4 is 11.1 Å². The molecule has 1 atom stereocenters. The number of hydrogen-bond donors (Lipinski definition) is 2. The summed E-state index contributed by atoms with van der Waals surface area (Å²) in [7, 11) is 0. The molecule has 3 nitrogen and oxygen atoms in total. The van der Waals surface area contributed by atoms with Crippen LogP contribution in [0.1, 0.15) is 40.8 Å². The largest absolute Gasteiger partial charge is 0.348 e. The average molecular weight is 361 g/mol. The normalized spacial score (nSPS) is 16.4. The number of halogens is 1. The zero-order chi connectivity index (χ0) is 15.2. The summed E-state index contributed by atoms with van der Waals surface area (Å²) in [4.78, 5) is 12.3. The number of nitrogens with two attached hydrogens (primary N) is 1. The van der Waals surface area contributed by atoms with Gasteiger partial charge in [0.25, 0.3) is 5.91 Å². The molecule has 1 unspecified atom stereocenters. The van der Waals surface area contributed by atoms with Crippen molar-refractivity contribution in [3.63, 3.8) is 0 Å². The highest BCUT2D eigenvalue weighted by atomic mass is 35.5. The van der Waals surface area contributed by atoms with Gasteiger partial charge in [0.2, 0.25) is 0 Å². The summed E-state index contributed by atoms with van der Waals surface area (Å²) in [6.45, 7) is 4.76. The lowest BCUT2D eigenvalue weighted by atomic mass is 10.0. The second-order valence-corrected chi connectivity index (χ2v) is 8.46. The minimum atomic E-state index is -0.0237. The molecule has 0 radical (unpaired) electrons. The maximum Gasteiger partial charge on any atom is 0.251 e. The molecule has 3 N–H and O–H groups in total. The topological polar surface area (TPSA) is 55.1 Å². The fourth-order valence-corrected chi connectivity index (χ4v) is 5.25. The third-order valence-corrected chi connectivity index (χ3v) is 6.55. The van der Waals surface area contributed by atoms with Crippen molar-refractivity contribution in [2.75, 3.05) is 18.1 Å². The van der Waals surface area contributed by atoms with Crippen LogP contribution in [-0.2, 0) is 0 Å². The van der Waals surface area contributed by atoms with Crippen molar-refractivity contribution >= 4 is 41.8 Å². The Bertz CT molecular complexity index is 462. The number of rotatable bonds is 6. The highest BCUT2D eigenvalue weighted by Crippen LogP contribution is 2.45. The van der Waals surface area contributed by atoms with E-state index in [-0.39, 0.29) is 24.4 Å². The predicted molar refractivity (Wildman–Crippen MR) is 101 cm³/mol. The minimum Gasteiger partial charge on any atom is -0.348 e. The first-order valence-electron chi connectivity index (χ1n) is 7.44. The van der Waals surface area contributed by atoms with Gasteiger partial charge in [-0.3, -0.25) is 4.79 Å². The van der Waals surface area contributed by atoms with Gasteiger partial charge in [-0.05, 0) is 30.0 Å². The van der Waals surface area contributed by atoms with Crippen LogP contribution in [0.4, 0.5) is 0 Å². The van der Waals surface area contributed by atoms with E-state index < -0.39 is 0 Å². The van der Waals surface area contributed by atoms with E-state index >= 15 is 0 Å². The molecule has 0 bridgehead atoms. The molecule has 1 fully saturated rings. The molecule has 1 aromatic carbocycles. The number of hydrogen-bond acceptors (Lipinski definition) is 4. The van der Waals surface area contributed by atoms with Gasteiger partial charge >= 0.3 is 0 Å². The Hall–Kier alpha value is -0.360. The van der Waals surface area contributed by atoms with Gasteiger partial charge in [0.05, 0.1) is 4.58 Å². The maximum atomic E-state index is 12.3. The molecular weight excluding hydrogens is 336 g/mol. The van der Waals surface area contributed by atoms with Crippen LogP contribution in [0.15, 0.2) is 24.3 Å². The molecule has 1 aliphatic rings. The molecule has 0 saturated carbocycles. The van der Waals surface area contributed by atoms with Crippen molar-refractivity contribution in [2.45, 2.75) is 30.9 Å². The average Bonchev–Trinajstić information content (AvgIpc) is 3.00. The van der Waals surface area contributed by atoms with Crippen molar-refractivity contribution in [1.82, 2.24) is 5.32 Å². The van der Waals surface area contributed by atoms with Crippen LogP contribution in [0.2, 0.25) is 0 Å². The number of nitrogens with one attached hydrogen (secondary N) is 1. The molecule has 22 heavy (non-hydrogen) atoms. The summed E-state index contributed by atoms with van der Waals surface area (Å²) >= 11 is 3.95. The number of thioether (sulfide) groups is 2. The van der Waals surface area contributed by atoms with Gasteiger partial charge in [0.1, 0.15) is 0 Å². The van der Waals surface area contributed by atoms with E-state index in [2.05, 4.69) is 31.3 Å². The standard InChI is InChI=1S/C16H24N2OS2.ClH/c1-11(2)9-14(10-17)18-15(19)12-3-5-13(6-4-12)16-20-7-8-21-16;/h3-6,11,14,16H,7-10,17H2,1-2H3,(H,18,19);1H. The molecule has 0 aliphatic carbocycles. The van der Waals surface area contributed by atoms with Crippen molar-refractivity contribution in [1.29, 1.82) is 0 Å². The molecule has 1 saturated heterocycles. The number of carbonyl (C=O) groups is 1. The van der Waals surface area contributed by atoms with Crippen molar-refractivity contribution in [3.8, 4) is 0 Å². The van der Waals surface area contributed by atoms with E-state index in [1.807, 2.05) is 35.7 Å². The fraction of sp³-hybridized carbons (Fsp3) is 0.562. The van der Waals surface area contributed by atoms with E-state index in [0.717, 1.165) is 6.42 Å². The first-order valence-corrected chi connectivity index (χ1v) is 9.54. The Kier molecular flexibility index (Phi) is 8.69. The smallest absolute Gasteiger partial charge is 0.251 e. The van der Waals surface area contributed by atoms with Crippen LogP contribution in [0.3, 0.4) is 0 Å². The first kappa shape index (κ1) is 19.7. The molecule has 124 valence electrons. The highest BCUT2D eigenvalue weighted by molar-refractivity contribution is 8.19. The van der Waals surface area contributed by atoms with Crippen molar-refractivity contribution in [3.05, 3.63) is 35.4 Å². The van der Waals surface area contributed by atoms with Crippen LogP contribution in [-0.4, -0.2) is 30.0 Å². The maximum absolute atomic E-state index is 12.3. The zero-order valence-electron chi connectivity index (χ0n) is 13.1. The minimum absolute atomic E-state index is 0. The number of benzene rings is 1. The van der Waals surface area contributed by atoms with Gasteiger partial charge in [0, 0.05) is 29.7 Å². The third-order valence-electron chi connectivity index (χ3n) is 3.44. The van der Waals surface area contributed by atoms with Gasteiger partial charge in [0.15, 0.2) is 0 Å². The van der Waals surface area contributed by atoms with Gasteiger partial charge < -0.3 is 11.1 Å². The zero-order valence-corrected chi connectivity index (χ0v) is 15.5. The van der Waals surface area contributed by atoms with Crippen LogP contribution in [0.5, 0.6) is 0 Å². The molecule has 1 amide bonds. The van der Waals surface area contributed by atoms with Gasteiger partial charge in [-0.25, -0.2) is 0 Å². The second kappa shape index (κ2) is 9.71. The predicted octanol–water partition coefficient (Wildman–Crippen LogP) is 3.69. The molecule has 1 heterocycles. The summed E-state index contributed by atoms with van der Waals surface area (Å²) in [5.74, 6) is 2.93. The monoisotopic (exact) mass is 360 g/mol. The Labute approximate surface area is 148 Å². The molecule has 6 heteroatoms. The summed E-state index contributed by atoms with van der Waals surface area (Å²) < 4.78 is 0.528. The molecule has 0 spiro atoms. The number of amides is 1. The number of carbonyl (C=O) groups excluding carboxylic acids is 1. The van der Waals surface area contributed by atoms with Gasteiger partial charge in [-0.15, -0.1) is 35.9 Å².